The van der Waals surface area contributed by atoms with Crippen molar-refractivity contribution in [3.63, 3.8) is 0 Å². The van der Waals surface area contributed by atoms with E-state index in [2.05, 4.69) is 0 Å². The molecule has 0 saturated heterocycles. The summed E-state index contributed by atoms with van der Waals surface area (Å²) in [4.78, 5) is 13.4. The highest BCUT2D eigenvalue weighted by Gasteiger charge is 2.15. The summed E-state index contributed by atoms with van der Waals surface area (Å²) < 4.78 is 0. The summed E-state index contributed by atoms with van der Waals surface area (Å²) >= 11 is 0. The van der Waals surface area contributed by atoms with E-state index >= 15 is 0 Å². The highest BCUT2D eigenvalue weighted by atomic mass is 16.3. The molecule has 0 saturated carbocycles. The summed E-state index contributed by atoms with van der Waals surface area (Å²) in [7, 11) is 0. The lowest BCUT2D eigenvalue weighted by Crippen LogP contribution is -2.32. The summed E-state index contributed by atoms with van der Waals surface area (Å²) in [5.74, 6) is -0.947. The second-order valence-electron chi connectivity index (χ2n) is 3.59. The number of phenolic OH excluding ortho intramolecular Hbond substituents is 2. The molecule has 0 unspecified atom stereocenters. The van der Waals surface area contributed by atoms with Gasteiger partial charge in [0.25, 0.3) is 5.91 Å². The van der Waals surface area contributed by atoms with Crippen LogP contribution in [-0.2, 0) is 0 Å². The molecule has 5 heteroatoms. The predicted octanol–water partition coefficient (Wildman–Crippen LogP) is 1.47. The van der Waals surface area contributed by atoms with Crippen molar-refractivity contribution in [3.8, 4) is 17.6 Å². The Balaban J connectivity index is 2.93. The number of hydrogen-bond acceptors (Lipinski definition) is 4. The van der Waals surface area contributed by atoms with E-state index in [1.807, 2.05) is 13.0 Å². The van der Waals surface area contributed by atoms with Gasteiger partial charge in [-0.2, -0.15) is 5.26 Å². The van der Waals surface area contributed by atoms with E-state index in [-0.39, 0.29) is 29.5 Å². The highest BCUT2D eigenvalue weighted by molar-refractivity contribution is 5.95. The van der Waals surface area contributed by atoms with Gasteiger partial charge in [0.1, 0.15) is 6.54 Å². The van der Waals surface area contributed by atoms with Crippen molar-refractivity contribution in [2.75, 3.05) is 13.1 Å². The summed E-state index contributed by atoms with van der Waals surface area (Å²) in [6.45, 7) is 2.40. The molecule has 1 aromatic carbocycles. The molecular formula is C12H14N2O3. The molecule has 17 heavy (non-hydrogen) atoms. The zero-order valence-electron chi connectivity index (χ0n) is 9.55. The van der Waals surface area contributed by atoms with Gasteiger partial charge in [-0.1, -0.05) is 6.92 Å². The fraction of sp³-hybridized carbons (Fsp3) is 0.333. The number of benzene rings is 1. The summed E-state index contributed by atoms with van der Waals surface area (Å²) in [6, 6.07) is 5.78. The van der Waals surface area contributed by atoms with Gasteiger partial charge < -0.3 is 15.1 Å². The molecule has 0 aliphatic rings. The molecule has 0 aliphatic carbocycles. The predicted molar refractivity (Wildman–Crippen MR) is 61.6 cm³/mol. The third-order valence-corrected chi connectivity index (χ3v) is 2.26. The molecule has 1 aromatic rings. The Hall–Kier alpha value is -2.22. The lowest BCUT2D eigenvalue weighted by atomic mass is 10.1. The Bertz CT molecular complexity index is 452. The largest absolute Gasteiger partial charge is 0.504 e. The number of amides is 1. The van der Waals surface area contributed by atoms with E-state index in [9.17, 15) is 9.90 Å². The van der Waals surface area contributed by atoms with E-state index in [4.69, 9.17) is 10.4 Å². The summed E-state index contributed by atoms with van der Waals surface area (Å²) in [5.41, 5.74) is 0.254. The minimum atomic E-state index is -0.343. The van der Waals surface area contributed by atoms with Crippen molar-refractivity contribution in [2.45, 2.75) is 13.3 Å². The first kappa shape index (κ1) is 12.8. The maximum atomic E-state index is 12.0. The van der Waals surface area contributed by atoms with Gasteiger partial charge in [0, 0.05) is 12.1 Å². The molecule has 0 spiro atoms. The fourth-order valence-electron chi connectivity index (χ4n) is 1.45. The van der Waals surface area contributed by atoms with Crippen molar-refractivity contribution >= 4 is 5.91 Å². The van der Waals surface area contributed by atoms with Gasteiger partial charge in [-0.05, 0) is 24.6 Å². The smallest absolute Gasteiger partial charge is 0.254 e. The normalized spacial score (nSPS) is 9.65. The van der Waals surface area contributed by atoms with Crippen LogP contribution in [0.5, 0.6) is 11.5 Å². The van der Waals surface area contributed by atoms with Gasteiger partial charge in [-0.25, -0.2) is 0 Å². The van der Waals surface area contributed by atoms with Crippen LogP contribution in [0.2, 0.25) is 0 Å². The quantitative estimate of drug-likeness (QED) is 0.610. The van der Waals surface area contributed by atoms with Crippen molar-refractivity contribution in [2.24, 2.45) is 0 Å². The maximum Gasteiger partial charge on any atom is 0.254 e. The van der Waals surface area contributed by atoms with E-state index < -0.39 is 0 Å². The number of phenols is 2. The Labute approximate surface area is 99.5 Å². The van der Waals surface area contributed by atoms with Crippen molar-refractivity contribution < 1.29 is 15.0 Å². The summed E-state index contributed by atoms with van der Waals surface area (Å²) in [5, 5.41) is 27.1. The Kier molecular flexibility index (Phi) is 4.35. The molecule has 5 nitrogen and oxygen atoms in total. The van der Waals surface area contributed by atoms with E-state index in [1.54, 1.807) is 0 Å². The summed E-state index contributed by atoms with van der Waals surface area (Å²) in [6.07, 6.45) is 0.748. The lowest BCUT2D eigenvalue weighted by Gasteiger charge is -2.18. The Morgan fingerprint density at radius 1 is 1.41 bits per heavy atom. The number of aromatic hydroxyl groups is 2. The number of carbonyl (C=O) groups excluding carboxylic acids is 1. The first-order valence-corrected chi connectivity index (χ1v) is 5.28. The van der Waals surface area contributed by atoms with Gasteiger partial charge in [0.2, 0.25) is 0 Å². The van der Waals surface area contributed by atoms with Crippen molar-refractivity contribution in [1.29, 1.82) is 5.26 Å². The first-order chi connectivity index (χ1) is 8.10. The van der Waals surface area contributed by atoms with Gasteiger partial charge in [0.05, 0.1) is 6.07 Å². The van der Waals surface area contributed by atoms with Crippen LogP contribution in [0.25, 0.3) is 0 Å². The number of hydrogen-bond donors (Lipinski definition) is 2. The third kappa shape index (κ3) is 3.11. The van der Waals surface area contributed by atoms with Crippen LogP contribution in [0.1, 0.15) is 23.7 Å². The van der Waals surface area contributed by atoms with Crippen LogP contribution in [0, 0.1) is 11.3 Å². The van der Waals surface area contributed by atoms with Crippen LogP contribution in [0.4, 0.5) is 0 Å². The van der Waals surface area contributed by atoms with E-state index in [0.717, 1.165) is 6.42 Å². The van der Waals surface area contributed by atoms with Crippen molar-refractivity contribution in [1.82, 2.24) is 4.90 Å². The van der Waals surface area contributed by atoms with Gasteiger partial charge >= 0.3 is 0 Å². The minimum absolute atomic E-state index is 0.00825. The second-order valence-corrected chi connectivity index (χ2v) is 3.59. The second kappa shape index (κ2) is 5.75. The fourth-order valence-corrected chi connectivity index (χ4v) is 1.45. The standard InChI is InChI=1S/C12H14N2O3/c1-2-6-14(7-5-13)12(17)9-3-4-10(15)11(16)8-9/h3-4,8,15-16H,2,6-7H2,1H3. The first-order valence-electron chi connectivity index (χ1n) is 5.28. The van der Waals surface area contributed by atoms with Crippen LogP contribution < -0.4 is 0 Å². The van der Waals surface area contributed by atoms with E-state index in [1.165, 1.54) is 23.1 Å². The Morgan fingerprint density at radius 3 is 2.65 bits per heavy atom. The molecule has 0 fully saturated rings. The highest BCUT2D eigenvalue weighted by Crippen LogP contribution is 2.25. The molecule has 2 N–H and O–H groups in total. The SMILES string of the molecule is CCCN(CC#N)C(=O)c1ccc(O)c(O)c1. The zero-order chi connectivity index (χ0) is 12.8. The number of nitrogens with zero attached hydrogens (tertiary/aromatic N) is 2. The van der Waals surface area contributed by atoms with E-state index in [0.29, 0.717) is 6.54 Å². The molecule has 1 amide bonds. The monoisotopic (exact) mass is 234 g/mol. The van der Waals surface area contributed by atoms with Crippen LogP contribution in [0.15, 0.2) is 18.2 Å². The van der Waals surface area contributed by atoms with Crippen molar-refractivity contribution in [3.05, 3.63) is 23.8 Å². The van der Waals surface area contributed by atoms with Crippen LogP contribution in [0.3, 0.4) is 0 Å². The molecule has 0 heterocycles. The molecule has 0 aliphatic heterocycles. The molecule has 0 bridgehead atoms. The average Bonchev–Trinajstić information content (AvgIpc) is 2.31. The average molecular weight is 234 g/mol. The van der Waals surface area contributed by atoms with Crippen LogP contribution >= 0.6 is 0 Å². The zero-order valence-corrected chi connectivity index (χ0v) is 9.55. The van der Waals surface area contributed by atoms with Crippen LogP contribution in [-0.4, -0.2) is 34.1 Å². The minimum Gasteiger partial charge on any atom is -0.504 e. The van der Waals surface area contributed by atoms with Gasteiger partial charge in [0.15, 0.2) is 11.5 Å². The number of nitriles is 1. The number of rotatable bonds is 4. The lowest BCUT2D eigenvalue weighted by molar-refractivity contribution is 0.0775. The Morgan fingerprint density at radius 2 is 2.12 bits per heavy atom. The molecule has 90 valence electrons. The molecular weight excluding hydrogens is 220 g/mol. The van der Waals surface area contributed by atoms with Gasteiger partial charge in [-0.15, -0.1) is 0 Å². The molecule has 0 atom stereocenters. The number of carbonyl (C=O) groups is 1. The maximum absolute atomic E-state index is 12.0. The molecule has 0 aromatic heterocycles. The third-order valence-electron chi connectivity index (χ3n) is 2.26. The van der Waals surface area contributed by atoms with Gasteiger partial charge in [-0.3, -0.25) is 4.79 Å². The molecule has 0 radical (unpaired) electrons. The molecule has 1 rings (SSSR count). The topological polar surface area (TPSA) is 84.6 Å².